The summed E-state index contributed by atoms with van der Waals surface area (Å²) in [6.45, 7) is 0. The fraction of sp³-hybridized carbons (Fsp3) is 0.133. The van der Waals surface area contributed by atoms with Crippen LogP contribution in [0.4, 0.5) is 18.9 Å². The Morgan fingerprint density at radius 1 is 1.05 bits per heavy atom. The first-order valence-electron chi connectivity index (χ1n) is 6.03. The van der Waals surface area contributed by atoms with Gasteiger partial charge in [0.05, 0.1) is 11.3 Å². The summed E-state index contributed by atoms with van der Waals surface area (Å²) in [6, 6.07) is 11.4. The molecule has 0 aliphatic rings. The van der Waals surface area contributed by atoms with Crippen LogP contribution < -0.4 is 5.32 Å². The minimum Gasteiger partial charge on any atom is -0.321 e. The molecule has 0 aliphatic heterocycles. The van der Waals surface area contributed by atoms with Crippen LogP contribution in [0, 0.1) is 0 Å². The molecule has 0 atom stereocenters. The van der Waals surface area contributed by atoms with E-state index in [-0.39, 0.29) is 5.56 Å². The van der Waals surface area contributed by atoms with E-state index in [1.807, 2.05) is 18.4 Å². The van der Waals surface area contributed by atoms with Gasteiger partial charge in [0.15, 0.2) is 0 Å². The van der Waals surface area contributed by atoms with Gasteiger partial charge in [-0.25, -0.2) is 0 Å². The van der Waals surface area contributed by atoms with Gasteiger partial charge in [-0.15, -0.1) is 11.8 Å². The molecule has 2 aromatic carbocycles. The van der Waals surface area contributed by atoms with Gasteiger partial charge in [-0.1, -0.05) is 12.1 Å². The number of thioether (sulfide) groups is 1. The van der Waals surface area contributed by atoms with E-state index in [1.54, 1.807) is 12.1 Å². The first kappa shape index (κ1) is 15.4. The summed E-state index contributed by atoms with van der Waals surface area (Å²) in [4.78, 5) is 12.9. The predicted molar refractivity (Wildman–Crippen MR) is 77.6 cm³/mol. The lowest BCUT2D eigenvalue weighted by molar-refractivity contribution is -0.137. The molecule has 0 heterocycles. The van der Waals surface area contributed by atoms with Crippen molar-refractivity contribution in [3.05, 3.63) is 59.7 Å². The zero-order valence-corrected chi connectivity index (χ0v) is 11.9. The second-order valence-corrected chi connectivity index (χ2v) is 5.08. The minimum atomic E-state index is -4.40. The highest BCUT2D eigenvalue weighted by atomic mass is 32.2. The molecule has 2 aromatic rings. The van der Waals surface area contributed by atoms with Crippen molar-refractivity contribution in [1.82, 2.24) is 0 Å². The average molecular weight is 311 g/mol. The van der Waals surface area contributed by atoms with Crippen LogP contribution in [0.5, 0.6) is 0 Å². The fourth-order valence-corrected chi connectivity index (χ4v) is 2.31. The molecule has 0 unspecified atom stereocenters. The van der Waals surface area contributed by atoms with Crippen molar-refractivity contribution in [3.63, 3.8) is 0 Å². The summed E-state index contributed by atoms with van der Waals surface area (Å²) in [5.74, 6) is -0.440. The standard InChI is InChI=1S/C15H12F3NOS/c1-21-13-5-3-2-4-12(13)19-14(20)10-6-8-11(9-7-10)15(16,17)18/h2-9H,1H3,(H,19,20). The third-order valence-electron chi connectivity index (χ3n) is 2.83. The molecule has 2 nitrogen and oxygen atoms in total. The zero-order chi connectivity index (χ0) is 15.5. The molecular weight excluding hydrogens is 299 g/mol. The first-order chi connectivity index (χ1) is 9.91. The Kier molecular flexibility index (Phi) is 4.57. The Hall–Kier alpha value is -1.95. The normalized spacial score (nSPS) is 11.2. The number of rotatable bonds is 3. The third-order valence-corrected chi connectivity index (χ3v) is 3.63. The number of alkyl halides is 3. The highest BCUT2D eigenvalue weighted by Gasteiger charge is 2.30. The number of carbonyl (C=O) groups is 1. The second kappa shape index (κ2) is 6.22. The van der Waals surface area contributed by atoms with E-state index >= 15 is 0 Å². The van der Waals surface area contributed by atoms with Crippen LogP contribution in [0.25, 0.3) is 0 Å². The van der Waals surface area contributed by atoms with E-state index in [4.69, 9.17) is 0 Å². The van der Waals surface area contributed by atoms with Crippen LogP contribution in [0.3, 0.4) is 0 Å². The molecule has 0 radical (unpaired) electrons. The van der Waals surface area contributed by atoms with Gasteiger partial charge in [-0.3, -0.25) is 4.79 Å². The monoisotopic (exact) mass is 311 g/mol. The van der Waals surface area contributed by atoms with Crippen LogP contribution >= 0.6 is 11.8 Å². The Labute approximate surface area is 124 Å². The van der Waals surface area contributed by atoms with Gasteiger partial charge < -0.3 is 5.32 Å². The molecule has 0 aliphatic carbocycles. The SMILES string of the molecule is CSc1ccccc1NC(=O)c1ccc(C(F)(F)F)cc1. The Balaban J connectivity index is 2.17. The lowest BCUT2D eigenvalue weighted by Gasteiger charge is -2.10. The van der Waals surface area contributed by atoms with Crippen LogP contribution in [-0.2, 0) is 6.18 Å². The Morgan fingerprint density at radius 3 is 2.24 bits per heavy atom. The maximum absolute atomic E-state index is 12.5. The maximum atomic E-state index is 12.5. The highest BCUT2D eigenvalue weighted by Crippen LogP contribution is 2.29. The van der Waals surface area contributed by atoms with E-state index in [0.29, 0.717) is 5.69 Å². The van der Waals surface area contributed by atoms with Crippen molar-refractivity contribution in [2.45, 2.75) is 11.1 Å². The highest BCUT2D eigenvalue weighted by molar-refractivity contribution is 7.98. The number of amides is 1. The number of hydrogen-bond acceptors (Lipinski definition) is 2. The zero-order valence-electron chi connectivity index (χ0n) is 11.1. The third kappa shape index (κ3) is 3.78. The van der Waals surface area contributed by atoms with E-state index in [9.17, 15) is 18.0 Å². The molecule has 0 bridgehead atoms. The van der Waals surface area contributed by atoms with Crippen molar-refractivity contribution in [1.29, 1.82) is 0 Å². The fourth-order valence-electron chi connectivity index (χ4n) is 1.75. The van der Waals surface area contributed by atoms with Crippen LogP contribution in [0.2, 0.25) is 0 Å². The van der Waals surface area contributed by atoms with Gasteiger partial charge in [0.2, 0.25) is 0 Å². The van der Waals surface area contributed by atoms with Crippen molar-refractivity contribution >= 4 is 23.4 Å². The molecule has 1 amide bonds. The van der Waals surface area contributed by atoms with Crippen molar-refractivity contribution in [2.75, 3.05) is 11.6 Å². The quantitative estimate of drug-likeness (QED) is 0.834. The van der Waals surface area contributed by atoms with Gasteiger partial charge in [-0.2, -0.15) is 13.2 Å². The van der Waals surface area contributed by atoms with E-state index in [0.717, 1.165) is 17.0 Å². The molecule has 0 fully saturated rings. The van der Waals surface area contributed by atoms with Crippen LogP contribution in [-0.4, -0.2) is 12.2 Å². The van der Waals surface area contributed by atoms with Crippen LogP contribution in [0.15, 0.2) is 53.4 Å². The number of carbonyl (C=O) groups excluding carboxylic acids is 1. The lowest BCUT2D eigenvalue weighted by Crippen LogP contribution is -2.13. The summed E-state index contributed by atoms with van der Waals surface area (Å²) in [5.41, 5.74) is 0.0392. The molecule has 21 heavy (non-hydrogen) atoms. The largest absolute Gasteiger partial charge is 0.416 e. The predicted octanol–water partition coefficient (Wildman–Crippen LogP) is 4.68. The topological polar surface area (TPSA) is 29.1 Å². The van der Waals surface area contributed by atoms with Gasteiger partial charge in [0.25, 0.3) is 5.91 Å². The van der Waals surface area contributed by atoms with Crippen molar-refractivity contribution in [2.24, 2.45) is 0 Å². The number of para-hydroxylation sites is 1. The summed E-state index contributed by atoms with van der Waals surface area (Å²) in [6.07, 6.45) is -2.52. The van der Waals surface area contributed by atoms with Crippen molar-refractivity contribution in [3.8, 4) is 0 Å². The first-order valence-corrected chi connectivity index (χ1v) is 7.26. The molecule has 1 N–H and O–H groups in total. The molecule has 0 saturated heterocycles. The minimum absolute atomic E-state index is 0.180. The summed E-state index contributed by atoms with van der Waals surface area (Å²) < 4.78 is 37.4. The molecule has 0 saturated carbocycles. The van der Waals surface area contributed by atoms with Gasteiger partial charge in [-0.05, 0) is 42.7 Å². The lowest BCUT2D eigenvalue weighted by atomic mass is 10.1. The molecule has 6 heteroatoms. The summed E-state index contributed by atoms with van der Waals surface area (Å²) >= 11 is 1.47. The van der Waals surface area contributed by atoms with E-state index < -0.39 is 17.6 Å². The van der Waals surface area contributed by atoms with Crippen molar-refractivity contribution < 1.29 is 18.0 Å². The Morgan fingerprint density at radius 2 is 1.67 bits per heavy atom. The molecule has 2 rings (SSSR count). The summed E-state index contributed by atoms with van der Waals surface area (Å²) in [7, 11) is 0. The molecule has 0 spiro atoms. The maximum Gasteiger partial charge on any atom is 0.416 e. The number of nitrogens with one attached hydrogen (secondary N) is 1. The number of benzene rings is 2. The number of halogens is 3. The smallest absolute Gasteiger partial charge is 0.321 e. The summed E-state index contributed by atoms with van der Waals surface area (Å²) in [5, 5.41) is 2.69. The molecule has 110 valence electrons. The Bertz CT molecular complexity index is 638. The van der Waals surface area contributed by atoms with Gasteiger partial charge >= 0.3 is 6.18 Å². The molecular formula is C15H12F3NOS. The second-order valence-electron chi connectivity index (χ2n) is 4.23. The van der Waals surface area contributed by atoms with Gasteiger partial charge in [0, 0.05) is 10.5 Å². The van der Waals surface area contributed by atoms with Gasteiger partial charge in [0.1, 0.15) is 0 Å². The number of hydrogen-bond donors (Lipinski definition) is 1. The number of anilines is 1. The molecule has 0 aromatic heterocycles. The van der Waals surface area contributed by atoms with E-state index in [1.165, 1.54) is 23.9 Å². The van der Waals surface area contributed by atoms with E-state index in [2.05, 4.69) is 5.32 Å². The average Bonchev–Trinajstić information content (AvgIpc) is 2.47. The van der Waals surface area contributed by atoms with Crippen LogP contribution in [0.1, 0.15) is 15.9 Å².